The highest BCUT2D eigenvalue weighted by molar-refractivity contribution is 7.22. The largest absolute Gasteiger partial charge is 0.336 e. The van der Waals surface area contributed by atoms with Gasteiger partial charge in [-0.05, 0) is 32.2 Å². The van der Waals surface area contributed by atoms with Gasteiger partial charge in [-0.15, -0.1) is 10.2 Å². The molecule has 0 bridgehead atoms. The zero-order valence-corrected chi connectivity index (χ0v) is 15.7. The van der Waals surface area contributed by atoms with Crippen LogP contribution >= 0.6 is 22.7 Å². The van der Waals surface area contributed by atoms with E-state index in [0.717, 1.165) is 57.2 Å². The van der Waals surface area contributed by atoms with E-state index in [2.05, 4.69) is 32.4 Å². The van der Waals surface area contributed by atoms with Gasteiger partial charge in [-0.1, -0.05) is 22.7 Å². The number of carbonyl (C=O) groups is 1. The average Bonchev–Trinajstić information content (AvgIpc) is 3.19. The molecule has 4 rings (SSSR count). The van der Waals surface area contributed by atoms with Gasteiger partial charge in [0, 0.05) is 31.7 Å². The predicted octanol–water partition coefficient (Wildman–Crippen LogP) is 2.59. The van der Waals surface area contributed by atoms with Crippen molar-refractivity contribution >= 4 is 49.1 Å². The maximum atomic E-state index is 12.7. The smallest absolute Gasteiger partial charge is 0.253 e. The lowest BCUT2D eigenvalue weighted by Gasteiger charge is -2.32. The Kier molecular flexibility index (Phi) is 4.36. The van der Waals surface area contributed by atoms with Crippen LogP contribution in [0.2, 0.25) is 0 Å². The van der Waals surface area contributed by atoms with Crippen LogP contribution in [0.1, 0.15) is 15.4 Å². The number of amides is 1. The van der Waals surface area contributed by atoms with E-state index >= 15 is 0 Å². The highest BCUT2D eigenvalue weighted by Crippen LogP contribution is 2.30. The van der Waals surface area contributed by atoms with E-state index in [1.54, 1.807) is 0 Å². The standard InChI is InChI=1S/C16H18N6OS2/c1-10-19-20-16(24-10)18-15-17-12-4-3-11(9-13(12)25-15)14(23)22-7-5-21(2)6-8-22/h3-4,9H,5-8H2,1-2H3,(H,17,18,20). The molecule has 9 heteroatoms. The number of fused-ring (bicyclic) bond motifs is 1. The molecule has 1 amide bonds. The second-order valence-corrected chi connectivity index (χ2v) is 8.26. The molecule has 1 aliphatic heterocycles. The van der Waals surface area contributed by atoms with E-state index in [1.807, 2.05) is 30.0 Å². The van der Waals surface area contributed by atoms with Crippen LogP contribution in [0.25, 0.3) is 10.2 Å². The van der Waals surface area contributed by atoms with E-state index < -0.39 is 0 Å². The molecule has 3 aromatic rings. The number of carbonyl (C=O) groups excluding carboxylic acids is 1. The average molecular weight is 374 g/mol. The molecule has 1 fully saturated rings. The number of rotatable bonds is 3. The molecule has 1 saturated heterocycles. The number of nitrogens with one attached hydrogen (secondary N) is 1. The molecule has 1 aliphatic rings. The Hall–Kier alpha value is -2.10. The van der Waals surface area contributed by atoms with Crippen molar-refractivity contribution in [2.75, 3.05) is 38.5 Å². The molecule has 0 radical (unpaired) electrons. The van der Waals surface area contributed by atoms with Gasteiger partial charge in [-0.3, -0.25) is 4.79 Å². The van der Waals surface area contributed by atoms with Crippen molar-refractivity contribution in [1.29, 1.82) is 0 Å². The van der Waals surface area contributed by atoms with Gasteiger partial charge in [0.1, 0.15) is 5.01 Å². The summed E-state index contributed by atoms with van der Waals surface area (Å²) in [5.74, 6) is 0.0951. The number of anilines is 2. The molecule has 0 unspecified atom stereocenters. The third-order valence-corrected chi connectivity index (χ3v) is 5.85. The quantitative estimate of drug-likeness (QED) is 0.760. The van der Waals surface area contributed by atoms with Gasteiger partial charge < -0.3 is 15.1 Å². The summed E-state index contributed by atoms with van der Waals surface area (Å²) in [5.41, 5.74) is 1.60. The third kappa shape index (κ3) is 3.48. The minimum atomic E-state index is 0.0951. The second kappa shape index (κ2) is 6.66. The van der Waals surface area contributed by atoms with Crippen LogP contribution in [0, 0.1) is 6.92 Å². The number of aromatic nitrogens is 3. The summed E-state index contributed by atoms with van der Waals surface area (Å²) in [6.07, 6.45) is 0. The molecule has 3 heterocycles. The Morgan fingerprint density at radius 2 is 1.92 bits per heavy atom. The molecule has 0 atom stereocenters. The number of piperazine rings is 1. The first-order valence-corrected chi connectivity index (χ1v) is 9.67. The summed E-state index contributed by atoms with van der Waals surface area (Å²) in [7, 11) is 2.08. The van der Waals surface area contributed by atoms with Crippen LogP contribution in [0.5, 0.6) is 0 Å². The normalized spacial score (nSPS) is 15.7. The molecule has 0 saturated carbocycles. The number of benzene rings is 1. The van der Waals surface area contributed by atoms with Crippen LogP contribution in [0.3, 0.4) is 0 Å². The Morgan fingerprint density at radius 1 is 1.12 bits per heavy atom. The van der Waals surface area contributed by atoms with Crippen molar-refractivity contribution in [3.8, 4) is 0 Å². The van der Waals surface area contributed by atoms with Gasteiger partial charge >= 0.3 is 0 Å². The molecule has 0 aliphatic carbocycles. The first-order chi connectivity index (χ1) is 12.1. The van der Waals surface area contributed by atoms with Crippen LogP contribution in [-0.4, -0.2) is 64.1 Å². The van der Waals surface area contributed by atoms with Crippen molar-refractivity contribution in [2.45, 2.75) is 6.92 Å². The summed E-state index contributed by atoms with van der Waals surface area (Å²) >= 11 is 3.01. The Labute approximate surface area is 153 Å². The summed E-state index contributed by atoms with van der Waals surface area (Å²) in [6.45, 7) is 5.31. The number of nitrogens with zero attached hydrogens (tertiary/aromatic N) is 5. The monoisotopic (exact) mass is 374 g/mol. The molecule has 7 nitrogen and oxygen atoms in total. The zero-order chi connectivity index (χ0) is 17.4. The highest BCUT2D eigenvalue weighted by atomic mass is 32.1. The molecule has 130 valence electrons. The lowest BCUT2D eigenvalue weighted by Crippen LogP contribution is -2.47. The van der Waals surface area contributed by atoms with Crippen molar-refractivity contribution in [3.63, 3.8) is 0 Å². The molecule has 2 aromatic heterocycles. The molecule has 25 heavy (non-hydrogen) atoms. The zero-order valence-electron chi connectivity index (χ0n) is 14.0. The Morgan fingerprint density at radius 3 is 2.64 bits per heavy atom. The van der Waals surface area contributed by atoms with E-state index in [4.69, 9.17) is 0 Å². The lowest BCUT2D eigenvalue weighted by atomic mass is 10.1. The lowest BCUT2D eigenvalue weighted by molar-refractivity contribution is 0.0664. The molecule has 0 spiro atoms. The molecular weight excluding hydrogens is 356 g/mol. The van der Waals surface area contributed by atoms with Gasteiger partial charge in [0.15, 0.2) is 5.13 Å². The first-order valence-electron chi connectivity index (χ1n) is 8.04. The summed E-state index contributed by atoms with van der Waals surface area (Å²) in [6, 6.07) is 5.71. The summed E-state index contributed by atoms with van der Waals surface area (Å²) < 4.78 is 0.990. The summed E-state index contributed by atoms with van der Waals surface area (Å²) in [5, 5.41) is 13.6. The van der Waals surface area contributed by atoms with Gasteiger partial charge in [0.25, 0.3) is 5.91 Å². The van der Waals surface area contributed by atoms with Gasteiger partial charge in [-0.2, -0.15) is 0 Å². The number of thiazole rings is 1. The first kappa shape index (κ1) is 16.4. The number of aryl methyl sites for hydroxylation is 1. The van der Waals surface area contributed by atoms with Crippen LogP contribution in [-0.2, 0) is 0 Å². The fraction of sp³-hybridized carbons (Fsp3) is 0.375. The fourth-order valence-corrected chi connectivity index (χ4v) is 4.30. The third-order valence-electron chi connectivity index (χ3n) is 4.17. The van der Waals surface area contributed by atoms with Crippen LogP contribution in [0.4, 0.5) is 10.3 Å². The predicted molar refractivity (Wildman–Crippen MR) is 101 cm³/mol. The van der Waals surface area contributed by atoms with Gasteiger partial charge in [0.05, 0.1) is 10.2 Å². The summed E-state index contributed by atoms with van der Waals surface area (Å²) in [4.78, 5) is 21.4. The minimum Gasteiger partial charge on any atom is -0.336 e. The van der Waals surface area contributed by atoms with Crippen molar-refractivity contribution in [1.82, 2.24) is 25.0 Å². The van der Waals surface area contributed by atoms with E-state index in [1.165, 1.54) is 22.7 Å². The van der Waals surface area contributed by atoms with Gasteiger partial charge in [0.2, 0.25) is 5.13 Å². The number of hydrogen-bond acceptors (Lipinski definition) is 8. The van der Waals surface area contributed by atoms with Crippen LogP contribution in [0.15, 0.2) is 18.2 Å². The van der Waals surface area contributed by atoms with E-state index in [-0.39, 0.29) is 5.91 Å². The van der Waals surface area contributed by atoms with Crippen LogP contribution < -0.4 is 5.32 Å². The van der Waals surface area contributed by atoms with E-state index in [0.29, 0.717) is 0 Å². The topological polar surface area (TPSA) is 74.2 Å². The number of hydrogen-bond donors (Lipinski definition) is 1. The van der Waals surface area contributed by atoms with Gasteiger partial charge in [-0.25, -0.2) is 4.98 Å². The maximum Gasteiger partial charge on any atom is 0.253 e. The second-order valence-electron chi connectivity index (χ2n) is 6.05. The maximum absolute atomic E-state index is 12.7. The highest BCUT2D eigenvalue weighted by Gasteiger charge is 2.21. The fourth-order valence-electron chi connectivity index (χ4n) is 2.74. The molecule has 1 aromatic carbocycles. The van der Waals surface area contributed by atoms with Crippen molar-refractivity contribution < 1.29 is 4.79 Å². The number of likely N-dealkylation sites (N-methyl/N-ethyl adjacent to an activating group) is 1. The van der Waals surface area contributed by atoms with Crippen molar-refractivity contribution in [3.05, 3.63) is 28.8 Å². The van der Waals surface area contributed by atoms with Crippen molar-refractivity contribution in [2.24, 2.45) is 0 Å². The molecular formula is C16H18N6OS2. The molecule has 1 N–H and O–H groups in total. The Bertz CT molecular complexity index is 912. The van der Waals surface area contributed by atoms with E-state index in [9.17, 15) is 4.79 Å². The Balaban J connectivity index is 1.54. The minimum absolute atomic E-state index is 0.0951. The SMILES string of the molecule is Cc1nnc(Nc2nc3ccc(C(=O)N4CCN(C)CC4)cc3s2)s1.